The number of hydrogen-bond donors (Lipinski definition) is 3. The molecule has 2 aromatic rings. The van der Waals surface area contributed by atoms with Crippen LogP contribution in [0.15, 0.2) is 6.20 Å². The number of fused-ring (bicyclic) bond motifs is 1. The molecular formula is C14H24N6O3S. The normalized spacial score (nSPS) is 12.1. The van der Waals surface area contributed by atoms with Crippen molar-refractivity contribution in [1.82, 2.24) is 19.3 Å². The van der Waals surface area contributed by atoms with E-state index in [9.17, 15) is 8.42 Å². The molecule has 0 bridgehead atoms. The summed E-state index contributed by atoms with van der Waals surface area (Å²) < 4.78 is 31.8. The van der Waals surface area contributed by atoms with Crippen molar-refractivity contribution in [2.24, 2.45) is 0 Å². The van der Waals surface area contributed by atoms with Crippen molar-refractivity contribution < 1.29 is 13.2 Å². The molecule has 0 aliphatic heterocycles. The number of rotatable bonds is 9. The van der Waals surface area contributed by atoms with Gasteiger partial charge in [0.1, 0.15) is 11.3 Å². The average Bonchev–Trinajstić information content (AvgIpc) is 2.86. The highest BCUT2D eigenvalue weighted by atomic mass is 32.2. The molecule has 10 heteroatoms. The van der Waals surface area contributed by atoms with E-state index in [1.54, 1.807) is 0 Å². The van der Waals surface area contributed by atoms with Crippen LogP contribution in [-0.4, -0.2) is 49.0 Å². The van der Waals surface area contributed by atoms with Crippen LogP contribution >= 0.6 is 0 Å². The number of nitrogen functional groups attached to an aromatic ring is 2. The lowest BCUT2D eigenvalue weighted by Crippen LogP contribution is -2.26. The molecule has 134 valence electrons. The van der Waals surface area contributed by atoms with Crippen LogP contribution < -0.4 is 16.2 Å². The number of nitrogens with one attached hydrogen (secondary N) is 1. The van der Waals surface area contributed by atoms with Crippen LogP contribution in [0.1, 0.15) is 19.2 Å². The Morgan fingerprint density at radius 3 is 2.75 bits per heavy atom. The van der Waals surface area contributed by atoms with Gasteiger partial charge in [0.2, 0.25) is 10.0 Å². The highest BCUT2D eigenvalue weighted by Gasteiger charge is 2.15. The average molecular weight is 356 g/mol. The summed E-state index contributed by atoms with van der Waals surface area (Å²) in [4.78, 5) is 8.60. The molecule has 0 radical (unpaired) electrons. The number of imidazole rings is 1. The second kappa shape index (κ2) is 7.77. The van der Waals surface area contributed by atoms with Gasteiger partial charge in [-0.15, -0.1) is 0 Å². The molecule has 0 aliphatic rings. The first-order valence-electron chi connectivity index (χ1n) is 7.75. The maximum absolute atomic E-state index is 11.0. The van der Waals surface area contributed by atoms with Gasteiger partial charge in [0, 0.05) is 19.5 Å². The highest BCUT2D eigenvalue weighted by molar-refractivity contribution is 7.88. The molecule has 0 atom stereocenters. The molecule has 0 saturated carbocycles. The van der Waals surface area contributed by atoms with Gasteiger partial charge < -0.3 is 20.8 Å². The fourth-order valence-corrected chi connectivity index (χ4v) is 2.90. The van der Waals surface area contributed by atoms with Gasteiger partial charge in [-0.05, 0) is 6.42 Å². The van der Waals surface area contributed by atoms with E-state index in [0.717, 1.165) is 30.4 Å². The van der Waals surface area contributed by atoms with Crippen LogP contribution in [0.2, 0.25) is 0 Å². The summed E-state index contributed by atoms with van der Waals surface area (Å²) in [6.07, 6.45) is 4.38. The van der Waals surface area contributed by atoms with Crippen LogP contribution in [0.3, 0.4) is 0 Å². The summed E-state index contributed by atoms with van der Waals surface area (Å²) in [6, 6.07) is 0. The molecule has 0 unspecified atom stereocenters. The van der Waals surface area contributed by atoms with Crippen LogP contribution in [0.5, 0.6) is 0 Å². The molecule has 0 aliphatic carbocycles. The van der Waals surface area contributed by atoms with E-state index in [1.807, 2.05) is 4.57 Å². The Morgan fingerprint density at radius 2 is 2.08 bits per heavy atom. The Balaban J connectivity index is 2.07. The lowest BCUT2D eigenvalue weighted by molar-refractivity contribution is 0.131. The minimum Gasteiger partial charge on any atom is -0.396 e. The van der Waals surface area contributed by atoms with Crippen LogP contribution in [0.25, 0.3) is 11.0 Å². The molecule has 0 spiro atoms. The third kappa shape index (κ3) is 4.56. The summed E-state index contributed by atoms with van der Waals surface area (Å²) in [6.45, 7) is 3.57. The van der Waals surface area contributed by atoms with Gasteiger partial charge in [0.05, 0.1) is 36.9 Å². The second-order valence-electron chi connectivity index (χ2n) is 5.50. The molecule has 0 saturated heterocycles. The van der Waals surface area contributed by atoms with Gasteiger partial charge in [0.25, 0.3) is 0 Å². The van der Waals surface area contributed by atoms with Crippen molar-refractivity contribution in [2.45, 2.75) is 26.3 Å². The van der Waals surface area contributed by atoms with Crippen molar-refractivity contribution in [3.63, 3.8) is 0 Å². The number of aromatic nitrogens is 3. The fraction of sp³-hybridized carbons (Fsp3) is 0.571. The standard InChI is InChI=1S/C14H24N6O3S/c1-3-4-11-19-12-13(10(15)9-17-14(12)16)20(11)6-8-23-7-5-18-24(2,21)22/h9,18H,3-8,15H2,1-2H3,(H2,16,17). The first-order chi connectivity index (χ1) is 11.3. The number of pyridine rings is 1. The van der Waals surface area contributed by atoms with E-state index in [4.69, 9.17) is 16.2 Å². The molecule has 0 aromatic carbocycles. The zero-order valence-electron chi connectivity index (χ0n) is 13.9. The number of hydrogen-bond acceptors (Lipinski definition) is 7. The van der Waals surface area contributed by atoms with Gasteiger partial charge in [-0.1, -0.05) is 6.92 Å². The third-order valence-electron chi connectivity index (χ3n) is 3.45. The van der Waals surface area contributed by atoms with Crippen LogP contribution in [-0.2, 0) is 27.7 Å². The zero-order chi connectivity index (χ0) is 17.7. The second-order valence-corrected chi connectivity index (χ2v) is 7.34. The Bertz CT molecular complexity index is 802. The number of nitrogens with zero attached hydrogens (tertiary/aromatic N) is 3. The van der Waals surface area contributed by atoms with Crippen molar-refractivity contribution in [2.75, 3.05) is 37.5 Å². The van der Waals surface area contributed by atoms with Gasteiger partial charge in [-0.3, -0.25) is 0 Å². The Kier molecular flexibility index (Phi) is 5.97. The lowest BCUT2D eigenvalue weighted by atomic mass is 10.3. The summed E-state index contributed by atoms with van der Waals surface area (Å²) >= 11 is 0. The van der Waals surface area contributed by atoms with Gasteiger partial charge in [-0.25, -0.2) is 23.1 Å². The molecular weight excluding hydrogens is 332 g/mol. The Labute approximate surface area is 141 Å². The van der Waals surface area contributed by atoms with E-state index in [1.165, 1.54) is 6.20 Å². The molecule has 24 heavy (non-hydrogen) atoms. The largest absolute Gasteiger partial charge is 0.396 e. The molecule has 9 nitrogen and oxygen atoms in total. The van der Waals surface area contributed by atoms with E-state index in [0.29, 0.717) is 36.8 Å². The SMILES string of the molecule is CCCc1nc2c(N)ncc(N)c2n1CCOCCNS(C)(=O)=O. The molecule has 0 fully saturated rings. The number of aryl methyl sites for hydroxylation is 1. The number of nitrogens with two attached hydrogens (primary N) is 2. The van der Waals surface area contributed by atoms with Crippen molar-refractivity contribution in [3.05, 3.63) is 12.0 Å². The smallest absolute Gasteiger partial charge is 0.208 e. The number of ether oxygens (including phenoxy) is 1. The maximum Gasteiger partial charge on any atom is 0.208 e. The molecule has 0 amide bonds. The van der Waals surface area contributed by atoms with E-state index >= 15 is 0 Å². The predicted octanol–water partition coefficient (Wildman–Crippen LogP) is 0.114. The first kappa shape index (κ1) is 18.4. The fourth-order valence-electron chi connectivity index (χ4n) is 2.44. The number of anilines is 2. The van der Waals surface area contributed by atoms with E-state index in [-0.39, 0.29) is 6.54 Å². The Morgan fingerprint density at radius 1 is 1.33 bits per heavy atom. The van der Waals surface area contributed by atoms with Crippen LogP contribution in [0.4, 0.5) is 11.5 Å². The van der Waals surface area contributed by atoms with Crippen molar-refractivity contribution in [1.29, 1.82) is 0 Å². The molecule has 2 aromatic heterocycles. The maximum atomic E-state index is 11.0. The topological polar surface area (TPSA) is 138 Å². The molecule has 5 N–H and O–H groups in total. The summed E-state index contributed by atoms with van der Waals surface area (Å²) in [5.74, 6) is 1.24. The Hall–Kier alpha value is -1.91. The summed E-state index contributed by atoms with van der Waals surface area (Å²) in [5.41, 5.74) is 13.8. The minimum atomic E-state index is -3.19. The minimum absolute atomic E-state index is 0.240. The van der Waals surface area contributed by atoms with Crippen LogP contribution in [0, 0.1) is 0 Å². The molecule has 2 rings (SSSR count). The van der Waals surface area contributed by atoms with E-state index < -0.39 is 10.0 Å². The van der Waals surface area contributed by atoms with Crippen molar-refractivity contribution in [3.8, 4) is 0 Å². The van der Waals surface area contributed by atoms with Gasteiger partial charge in [0.15, 0.2) is 5.82 Å². The van der Waals surface area contributed by atoms with E-state index in [2.05, 4.69) is 21.6 Å². The zero-order valence-corrected chi connectivity index (χ0v) is 14.8. The predicted molar refractivity (Wildman–Crippen MR) is 94.0 cm³/mol. The summed E-state index contributed by atoms with van der Waals surface area (Å²) in [7, 11) is -3.19. The van der Waals surface area contributed by atoms with Gasteiger partial charge in [-0.2, -0.15) is 0 Å². The summed E-state index contributed by atoms with van der Waals surface area (Å²) in [5, 5.41) is 0. The first-order valence-corrected chi connectivity index (χ1v) is 9.64. The highest BCUT2D eigenvalue weighted by Crippen LogP contribution is 2.26. The third-order valence-corrected chi connectivity index (χ3v) is 4.18. The monoisotopic (exact) mass is 356 g/mol. The van der Waals surface area contributed by atoms with Gasteiger partial charge >= 0.3 is 0 Å². The number of sulfonamides is 1. The molecule has 2 heterocycles. The lowest BCUT2D eigenvalue weighted by Gasteiger charge is -2.11. The van der Waals surface area contributed by atoms with Crippen molar-refractivity contribution >= 4 is 32.6 Å². The quantitative estimate of drug-likeness (QED) is 0.542.